The van der Waals surface area contributed by atoms with E-state index in [-0.39, 0.29) is 36.3 Å². The van der Waals surface area contributed by atoms with Crippen LogP contribution < -0.4 is 20.1 Å². The topological polar surface area (TPSA) is 91.8 Å². The molecular formula is C19H31IN4O3S. The molecule has 0 aromatic heterocycles. The number of hydrogen-bond acceptors (Lipinski definition) is 4. The van der Waals surface area contributed by atoms with Crippen LogP contribution in [-0.4, -0.2) is 46.9 Å². The summed E-state index contributed by atoms with van der Waals surface area (Å²) in [7, 11) is -1.61. The molecule has 9 heteroatoms. The third-order valence-electron chi connectivity index (χ3n) is 4.48. The van der Waals surface area contributed by atoms with Gasteiger partial charge in [0.05, 0.1) is 5.75 Å². The molecule has 0 unspecified atom stereocenters. The average molecular weight is 522 g/mol. The second-order valence-electron chi connectivity index (χ2n) is 6.52. The summed E-state index contributed by atoms with van der Waals surface area (Å²) in [5.74, 6) is 1.84. The van der Waals surface area contributed by atoms with Crippen LogP contribution in [-0.2, 0) is 16.6 Å². The molecule has 1 aliphatic rings. The van der Waals surface area contributed by atoms with Gasteiger partial charge in [-0.05, 0) is 24.8 Å². The van der Waals surface area contributed by atoms with Crippen molar-refractivity contribution in [3.8, 4) is 5.75 Å². The number of sulfonamides is 1. The molecule has 158 valence electrons. The molecule has 0 radical (unpaired) electrons. The van der Waals surface area contributed by atoms with Crippen LogP contribution in [0, 0.1) is 5.92 Å². The van der Waals surface area contributed by atoms with Gasteiger partial charge < -0.3 is 15.4 Å². The Balaban J connectivity index is 0.00000392. The Bertz CT molecular complexity index is 736. The first-order chi connectivity index (χ1) is 13.0. The van der Waals surface area contributed by atoms with Gasteiger partial charge in [0.15, 0.2) is 5.96 Å². The minimum Gasteiger partial charge on any atom is -0.489 e. The minimum atomic E-state index is -3.27. The van der Waals surface area contributed by atoms with Gasteiger partial charge in [0.25, 0.3) is 0 Å². The van der Waals surface area contributed by atoms with E-state index < -0.39 is 10.0 Å². The van der Waals surface area contributed by atoms with Crippen LogP contribution in [0.4, 0.5) is 0 Å². The highest BCUT2D eigenvalue weighted by Gasteiger charge is 2.20. The third kappa shape index (κ3) is 8.78. The molecular weight excluding hydrogens is 491 g/mol. The van der Waals surface area contributed by atoms with E-state index in [1.165, 1.54) is 6.42 Å². The van der Waals surface area contributed by atoms with Gasteiger partial charge in [0, 0.05) is 32.2 Å². The summed E-state index contributed by atoms with van der Waals surface area (Å²) < 4.78 is 32.4. The zero-order chi connectivity index (χ0) is 19.5. The molecule has 1 aromatic rings. The number of halogens is 1. The number of aliphatic imine (C=N–C) groups is 1. The van der Waals surface area contributed by atoms with Crippen molar-refractivity contribution in [1.29, 1.82) is 0 Å². The summed E-state index contributed by atoms with van der Waals surface area (Å²) in [6, 6.07) is 7.72. The first kappa shape index (κ1) is 24.7. The van der Waals surface area contributed by atoms with E-state index in [0.29, 0.717) is 31.6 Å². The quantitative estimate of drug-likeness (QED) is 0.180. The Kier molecular flexibility index (Phi) is 11.5. The first-order valence-electron chi connectivity index (χ1n) is 9.27. The fourth-order valence-electron chi connectivity index (χ4n) is 2.66. The van der Waals surface area contributed by atoms with Gasteiger partial charge in [-0.25, -0.2) is 13.1 Å². The number of guanidine groups is 1. The Morgan fingerprint density at radius 2 is 2.07 bits per heavy atom. The van der Waals surface area contributed by atoms with E-state index in [0.717, 1.165) is 24.2 Å². The van der Waals surface area contributed by atoms with E-state index in [1.807, 2.05) is 24.3 Å². The highest BCUT2D eigenvalue weighted by molar-refractivity contribution is 14.0. The molecule has 3 N–H and O–H groups in total. The average Bonchev–Trinajstić information content (AvgIpc) is 2.62. The molecule has 0 bridgehead atoms. The fraction of sp³-hybridized carbons (Fsp3) is 0.526. The summed E-state index contributed by atoms with van der Waals surface area (Å²) in [5.41, 5.74) is 0.983. The Morgan fingerprint density at radius 1 is 1.32 bits per heavy atom. The molecule has 0 heterocycles. The van der Waals surface area contributed by atoms with E-state index in [4.69, 9.17) is 4.74 Å². The summed E-state index contributed by atoms with van der Waals surface area (Å²) in [4.78, 5) is 4.13. The van der Waals surface area contributed by atoms with Crippen LogP contribution in [0.15, 0.2) is 41.9 Å². The molecule has 1 aromatic carbocycles. The maximum Gasteiger partial charge on any atom is 0.213 e. The molecule has 1 saturated carbocycles. The van der Waals surface area contributed by atoms with Crippen molar-refractivity contribution in [3.05, 3.63) is 42.5 Å². The second kappa shape index (κ2) is 13.0. The lowest BCUT2D eigenvalue weighted by Gasteiger charge is -2.25. The number of nitrogens with one attached hydrogen (secondary N) is 3. The van der Waals surface area contributed by atoms with E-state index in [2.05, 4.69) is 26.9 Å². The van der Waals surface area contributed by atoms with Crippen LogP contribution in [0.2, 0.25) is 0 Å². The maximum atomic E-state index is 12.0. The van der Waals surface area contributed by atoms with Crippen molar-refractivity contribution in [3.63, 3.8) is 0 Å². The van der Waals surface area contributed by atoms with Gasteiger partial charge in [-0.15, -0.1) is 24.0 Å². The van der Waals surface area contributed by atoms with Crippen LogP contribution in [0.3, 0.4) is 0 Å². The van der Waals surface area contributed by atoms with E-state index in [1.54, 1.807) is 13.1 Å². The fourth-order valence-corrected chi connectivity index (χ4v) is 3.66. The molecule has 1 aliphatic carbocycles. The van der Waals surface area contributed by atoms with Crippen molar-refractivity contribution < 1.29 is 13.2 Å². The van der Waals surface area contributed by atoms with Gasteiger partial charge in [0.2, 0.25) is 10.0 Å². The smallest absolute Gasteiger partial charge is 0.213 e. The third-order valence-corrected chi connectivity index (χ3v) is 5.83. The number of ether oxygens (including phenoxy) is 1. The van der Waals surface area contributed by atoms with Crippen molar-refractivity contribution in [1.82, 2.24) is 15.4 Å². The largest absolute Gasteiger partial charge is 0.489 e. The molecule has 7 nitrogen and oxygen atoms in total. The number of para-hydroxylation sites is 1. The Morgan fingerprint density at radius 3 is 2.71 bits per heavy atom. The van der Waals surface area contributed by atoms with Crippen LogP contribution in [0.25, 0.3) is 0 Å². The molecule has 0 aliphatic heterocycles. The summed E-state index contributed by atoms with van der Waals surface area (Å²) in [6.07, 6.45) is 5.15. The minimum absolute atomic E-state index is 0. The Labute approximate surface area is 185 Å². The number of rotatable bonds is 11. The van der Waals surface area contributed by atoms with E-state index >= 15 is 0 Å². The SMILES string of the molecule is C=CCOc1ccccc1CNC(=NC)NCCS(=O)(=O)NCC1CCC1.I. The molecule has 28 heavy (non-hydrogen) atoms. The standard InChI is InChI=1S/C19H30N4O3S.HI/c1-3-12-26-18-10-5-4-9-17(18)15-22-19(20-2)21-11-13-27(24,25)23-14-16-7-6-8-16;/h3-5,9-10,16,23H,1,6-8,11-15H2,2H3,(H2,20,21,22);1H. The zero-order valence-corrected chi connectivity index (χ0v) is 19.5. The Hall–Kier alpha value is -1.33. The maximum absolute atomic E-state index is 12.0. The summed E-state index contributed by atoms with van der Waals surface area (Å²) in [6.45, 7) is 5.45. The summed E-state index contributed by atoms with van der Waals surface area (Å²) in [5, 5.41) is 6.21. The van der Waals surface area contributed by atoms with Crippen LogP contribution >= 0.6 is 24.0 Å². The van der Waals surface area contributed by atoms with Crippen molar-refractivity contribution >= 4 is 40.0 Å². The molecule has 0 atom stereocenters. The van der Waals surface area contributed by atoms with Gasteiger partial charge in [0.1, 0.15) is 12.4 Å². The van der Waals surface area contributed by atoms with Crippen molar-refractivity contribution in [2.75, 3.05) is 32.5 Å². The van der Waals surface area contributed by atoms with Crippen LogP contribution in [0.1, 0.15) is 24.8 Å². The van der Waals surface area contributed by atoms with E-state index in [9.17, 15) is 8.42 Å². The predicted molar refractivity (Wildman–Crippen MR) is 125 cm³/mol. The molecule has 1 fully saturated rings. The first-order valence-corrected chi connectivity index (χ1v) is 10.9. The summed E-state index contributed by atoms with van der Waals surface area (Å²) >= 11 is 0. The number of nitrogens with zero attached hydrogens (tertiary/aromatic N) is 1. The lowest BCUT2D eigenvalue weighted by atomic mass is 9.86. The zero-order valence-electron chi connectivity index (χ0n) is 16.3. The second-order valence-corrected chi connectivity index (χ2v) is 8.45. The molecule has 2 rings (SSSR count). The predicted octanol–water partition coefficient (Wildman–Crippen LogP) is 2.25. The number of benzene rings is 1. The normalized spacial score (nSPS) is 14.5. The van der Waals surface area contributed by atoms with Gasteiger partial charge in [-0.2, -0.15) is 0 Å². The highest BCUT2D eigenvalue weighted by atomic mass is 127. The molecule has 0 spiro atoms. The lowest BCUT2D eigenvalue weighted by molar-refractivity contribution is 0.316. The molecule has 0 saturated heterocycles. The molecule has 0 amide bonds. The van der Waals surface area contributed by atoms with Crippen molar-refractivity contribution in [2.24, 2.45) is 10.9 Å². The monoisotopic (exact) mass is 522 g/mol. The highest BCUT2D eigenvalue weighted by Crippen LogP contribution is 2.25. The van der Waals surface area contributed by atoms with Gasteiger partial charge in [-0.1, -0.05) is 37.3 Å². The lowest BCUT2D eigenvalue weighted by Crippen LogP contribution is -2.41. The van der Waals surface area contributed by atoms with Crippen LogP contribution in [0.5, 0.6) is 5.75 Å². The number of hydrogen-bond donors (Lipinski definition) is 3. The van der Waals surface area contributed by atoms with Gasteiger partial charge >= 0.3 is 0 Å². The van der Waals surface area contributed by atoms with Crippen molar-refractivity contribution in [2.45, 2.75) is 25.8 Å². The van der Waals surface area contributed by atoms with Gasteiger partial charge in [-0.3, -0.25) is 4.99 Å².